The van der Waals surface area contributed by atoms with Crippen LogP contribution in [-0.2, 0) is 6.18 Å². The molecule has 0 saturated carbocycles. The molecular formula is C20H22F3N3OS. The van der Waals surface area contributed by atoms with E-state index in [1.165, 1.54) is 6.07 Å². The number of halogens is 3. The third kappa shape index (κ3) is 4.86. The predicted octanol–water partition coefficient (Wildman–Crippen LogP) is 4.62. The van der Waals surface area contributed by atoms with Gasteiger partial charge in [0.1, 0.15) is 5.75 Å². The van der Waals surface area contributed by atoms with E-state index in [-0.39, 0.29) is 0 Å². The van der Waals surface area contributed by atoms with E-state index in [0.717, 1.165) is 36.7 Å². The summed E-state index contributed by atoms with van der Waals surface area (Å²) in [6.07, 6.45) is -4.38. The molecular weight excluding hydrogens is 387 g/mol. The molecule has 1 heterocycles. The minimum atomic E-state index is -4.38. The molecule has 0 radical (unpaired) electrons. The monoisotopic (exact) mass is 409 g/mol. The smallest absolute Gasteiger partial charge is 0.416 e. The second-order valence-electron chi connectivity index (χ2n) is 6.38. The first-order valence-corrected chi connectivity index (χ1v) is 9.49. The van der Waals surface area contributed by atoms with Crippen molar-refractivity contribution >= 4 is 28.7 Å². The number of piperazine rings is 1. The number of para-hydroxylation sites is 2. The largest absolute Gasteiger partial charge is 0.492 e. The Labute approximate surface area is 167 Å². The molecule has 1 aliphatic rings. The van der Waals surface area contributed by atoms with Gasteiger partial charge in [-0.15, -0.1) is 0 Å². The average molecular weight is 409 g/mol. The van der Waals surface area contributed by atoms with Gasteiger partial charge in [0, 0.05) is 31.9 Å². The van der Waals surface area contributed by atoms with Gasteiger partial charge < -0.3 is 19.9 Å². The summed E-state index contributed by atoms with van der Waals surface area (Å²) in [6.45, 7) is 5.38. The molecule has 1 N–H and O–H groups in total. The maximum Gasteiger partial charge on any atom is 0.416 e. The van der Waals surface area contributed by atoms with Crippen molar-refractivity contribution in [1.82, 2.24) is 4.90 Å². The molecule has 0 amide bonds. The average Bonchev–Trinajstić information content (AvgIpc) is 2.68. The van der Waals surface area contributed by atoms with E-state index in [1.54, 1.807) is 6.07 Å². The minimum Gasteiger partial charge on any atom is -0.492 e. The van der Waals surface area contributed by atoms with Crippen LogP contribution in [0, 0.1) is 0 Å². The van der Waals surface area contributed by atoms with Crippen LogP contribution in [0.1, 0.15) is 12.5 Å². The summed E-state index contributed by atoms with van der Waals surface area (Å²) in [5, 5.41) is 3.35. The van der Waals surface area contributed by atoms with Crippen LogP contribution in [0.15, 0.2) is 48.5 Å². The zero-order chi connectivity index (χ0) is 20.1. The van der Waals surface area contributed by atoms with Crippen molar-refractivity contribution in [3.8, 4) is 5.75 Å². The lowest BCUT2D eigenvalue weighted by Crippen LogP contribution is -2.50. The summed E-state index contributed by atoms with van der Waals surface area (Å²) in [5.74, 6) is 0.850. The molecule has 0 unspecified atom stereocenters. The van der Waals surface area contributed by atoms with Gasteiger partial charge in [0.2, 0.25) is 0 Å². The maximum absolute atomic E-state index is 12.9. The van der Waals surface area contributed by atoms with Gasteiger partial charge in [-0.1, -0.05) is 18.2 Å². The molecule has 0 bridgehead atoms. The summed E-state index contributed by atoms with van der Waals surface area (Å²) in [6, 6.07) is 13.0. The Morgan fingerprint density at radius 2 is 1.79 bits per heavy atom. The number of alkyl halides is 3. The van der Waals surface area contributed by atoms with Gasteiger partial charge in [0.05, 0.1) is 17.9 Å². The van der Waals surface area contributed by atoms with Crippen LogP contribution in [0.4, 0.5) is 24.5 Å². The van der Waals surface area contributed by atoms with E-state index >= 15 is 0 Å². The Hall–Kier alpha value is -2.48. The second-order valence-corrected chi connectivity index (χ2v) is 6.77. The summed E-state index contributed by atoms with van der Waals surface area (Å²) in [5.41, 5.74) is 0.683. The van der Waals surface area contributed by atoms with Crippen molar-refractivity contribution in [2.24, 2.45) is 0 Å². The lowest BCUT2D eigenvalue weighted by molar-refractivity contribution is -0.137. The van der Waals surface area contributed by atoms with Crippen molar-refractivity contribution < 1.29 is 17.9 Å². The molecule has 2 aromatic rings. The van der Waals surface area contributed by atoms with E-state index in [9.17, 15) is 13.2 Å². The van der Waals surface area contributed by atoms with E-state index in [1.807, 2.05) is 36.1 Å². The van der Waals surface area contributed by atoms with Gasteiger partial charge in [-0.05, 0) is 49.5 Å². The van der Waals surface area contributed by atoms with Gasteiger partial charge in [-0.25, -0.2) is 0 Å². The lowest BCUT2D eigenvalue weighted by atomic mass is 10.2. The van der Waals surface area contributed by atoms with Gasteiger partial charge in [-0.3, -0.25) is 0 Å². The normalized spacial score (nSPS) is 14.7. The van der Waals surface area contributed by atoms with Crippen molar-refractivity contribution in [2.45, 2.75) is 13.1 Å². The zero-order valence-electron chi connectivity index (χ0n) is 15.5. The number of thiocarbonyl (C=S) groups is 1. The number of hydrogen-bond acceptors (Lipinski definition) is 3. The number of ether oxygens (including phenoxy) is 1. The highest BCUT2D eigenvalue weighted by Crippen LogP contribution is 2.31. The molecule has 1 fully saturated rings. The van der Waals surface area contributed by atoms with Crippen LogP contribution in [0.25, 0.3) is 0 Å². The Kier molecular flexibility index (Phi) is 6.28. The molecule has 0 aliphatic carbocycles. The van der Waals surface area contributed by atoms with Crippen LogP contribution in [0.2, 0.25) is 0 Å². The van der Waals surface area contributed by atoms with Crippen molar-refractivity contribution in [1.29, 1.82) is 0 Å². The number of hydrogen-bond donors (Lipinski definition) is 1. The van der Waals surface area contributed by atoms with Crippen molar-refractivity contribution in [3.05, 3.63) is 54.1 Å². The second kappa shape index (κ2) is 8.68. The number of benzene rings is 2. The quantitative estimate of drug-likeness (QED) is 0.744. The molecule has 1 aliphatic heterocycles. The Balaban J connectivity index is 1.60. The number of anilines is 2. The summed E-state index contributed by atoms with van der Waals surface area (Å²) >= 11 is 5.41. The molecule has 3 rings (SSSR count). The van der Waals surface area contributed by atoms with E-state index in [4.69, 9.17) is 17.0 Å². The first-order chi connectivity index (χ1) is 13.4. The van der Waals surface area contributed by atoms with Gasteiger partial charge >= 0.3 is 6.18 Å². The Morgan fingerprint density at radius 3 is 2.46 bits per heavy atom. The van der Waals surface area contributed by atoms with Crippen molar-refractivity contribution in [2.75, 3.05) is 43.0 Å². The fraction of sp³-hybridized carbons (Fsp3) is 0.350. The highest BCUT2D eigenvalue weighted by molar-refractivity contribution is 7.80. The summed E-state index contributed by atoms with van der Waals surface area (Å²) in [4.78, 5) is 4.20. The highest BCUT2D eigenvalue weighted by atomic mass is 32.1. The van der Waals surface area contributed by atoms with Crippen LogP contribution in [0.3, 0.4) is 0 Å². The van der Waals surface area contributed by atoms with Crippen LogP contribution >= 0.6 is 12.2 Å². The van der Waals surface area contributed by atoms with Crippen LogP contribution < -0.4 is 15.0 Å². The van der Waals surface area contributed by atoms with E-state index in [0.29, 0.717) is 30.5 Å². The minimum absolute atomic E-state index is 0.337. The molecule has 1 saturated heterocycles. The third-order valence-electron chi connectivity index (χ3n) is 4.51. The lowest BCUT2D eigenvalue weighted by Gasteiger charge is -2.38. The molecule has 4 nitrogen and oxygen atoms in total. The van der Waals surface area contributed by atoms with Crippen LogP contribution in [0.5, 0.6) is 5.75 Å². The summed E-state index contributed by atoms with van der Waals surface area (Å²) in [7, 11) is 0. The topological polar surface area (TPSA) is 27.7 Å². The molecule has 8 heteroatoms. The maximum atomic E-state index is 12.9. The first-order valence-electron chi connectivity index (χ1n) is 9.08. The van der Waals surface area contributed by atoms with Crippen molar-refractivity contribution in [3.63, 3.8) is 0 Å². The van der Waals surface area contributed by atoms with Gasteiger partial charge in [0.25, 0.3) is 0 Å². The number of nitrogens with zero attached hydrogens (tertiary/aromatic N) is 2. The standard InChI is InChI=1S/C20H22F3N3OS/c1-2-27-18-9-4-3-8-17(18)25-10-12-26(13-11-25)19(28)24-16-7-5-6-15(14-16)20(21,22)23/h3-9,14H,2,10-13H2,1H3,(H,24,28). The van der Waals surface area contributed by atoms with Gasteiger partial charge in [-0.2, -0.15) is 13.2 Å². The molecule has 28 heavy (non-hydrogen) atoms. The fourth-order valence-electron chi connectivity index (χ4n) is 3.12. The molecule has 0 aromatic heterocycles. The van der Waals surface area contributed by atoms with E-state index in [2.05, 4.69) is 10.2 Å². The first kappa shape index (κ1) is 20.3. The Morgan fingerprint density at radius 1 is 1.07 bits per heavy atom. The third-order valence-corrected chi connectivity index (χ3v) is 4.87. The zero-order valence-corrected chi connectivity index (χ0v) is 16.3. The summed E-state index contributed by atoms with van der Waals surface area (Å²) < 4.78 is 44.3. The SMILES string of the molecule is CCOc1ccccc1N1CCN(C(=S)Nc2cccc(C(F)(F)F)c2)CC1. The molecule has 0 atom stereocenters. The molecule has 2 aromatic carbocycles. The number of nitrogens with one attached hydrogen (secondary N) is 1. The molecule has 0 spiro atoms. The van der Waals surface area contributed by atoms with Gasteiger partial charge in [0.15, 0.2) is 5.11 Å². The van der Waals surface area contributed by atoms with E-state index < -0.39 is 11.7 Å². The molecule has 150 valence electrons. The predicted molar refractivity (Wildman–Crippen MR) is 109 cm³/mol. The number of rotatable bonds is 4. The van der Waals surface area contributed by atoms with Crippen LogP contribution in [-0.4, -0.2) is 42.8 Å². The Bertz CT molecular complexity index is 820. The fourth-order valence-corrected chi connectivity index (χ4v) is 3.42. The highest BCUT2D eigenvalue weighted by Gasteiger charge is 2.30.